The summed E-state index contributed by atoms with van der Waals surface area (Å²) in [5, 5.41) is 3.68. The Balaban J connectivity index is 2.44. The summed E-state index contributed by atoms with van der Waals surface area (Å²) in [4.78, 5) is 19.4. The highest BCUT2D eigenvalue weighted by Gasteiger charge is 2.08. The first-order chi connectivity index (χ1) is 9.34. The molecule has 0 amide bonds. The number of para-hydroxylation sites is 2. The summed E-state index contributed by atoms with van der Waals surface area (Å²) in [6.07, 6.45) is 1.66. The van der Waals surface area contributed by atoms with E-state index in [1.54, 1.807) is 6.20 Å². The lowest BCUT2D eigenvalue weighted by atomic mass is 10.0. The van der Waals surface area contributed by atoms with Crippen molar-refractivity contribution in [3.8, 4) is 0 Å². The van der Waals surface area contributed by atoms with E-state index < -0.39 is 0 Å². The van der Waals surface area contributed by atoms with Crippen LogP contribution in [-0.4, -0.2) is 9.97 Å². The Hall–Kier alpha value is -2.68. The quantitative estimate of drug-likeness (QED) is 0.484. The van der Waals surface area contributed by atoms with Crippen LogP contribution in [0.4, 0.5) is 0 Å². The molecule has 0 radical (unpaired) electrons. The Morgan fingerprint density at radius 2 is 1.58 bits per heavy atom. The minimum Gasteiger partial charge on any atom is -0.321 e. The minimum atomic E-state index is -0.0908. The molecule has 1 N–H and O–H groups in total. The highest BCUT2D eigenvalue weighted by atomic mass is 16.1. The van der Waals surface area contributed by atoms with Gasteiger partial charge in [0, 0.05) is 27.9 Å². The van der Waals surface area contributed by atoms with Crippen molar-refractivity contribution < 1.29 is 0 Å². The van der Waals surface area contributed by atoms with Crippen LogP contribution in [0, 0.1) is 0 Å². The van der Waals surface area contributed by atoms with E-state index in [1.807, 2.05) is 48.5 Å². The maximum absolute atomic E-state index is 12.1. The van der Waals surface area contributed by atoms with Crippen LogP contribution in [0.25, 0.3) is 32.6 Å². The number of rotatable bonds is 0. The number of benzene rings is 2. The van der Waals surface area contributed by atoms with Crippen molar-refractivity contribution in [2.24, 2.45) is 0 Å². The molecule has 0 aliphatic carbocycles. The fourth-order valence-corrected chi connectivity index (χ4v) is 2.60. The molecule has 3 nitrogen and oxygen atoms in total. The first kappa shape index (κ1) is 10.3. The molecular formula is C16H10N2O. The Morgan fingerprint density at radius 1 is 0.842 bits per heavy atom. The van der Waals surface area contributed by atoms with Gasteiger partial charge in [0.2, 0.25) is 0 Å². The van der Waals surface area contributed by atoms with Crippen LogP contribution in [0.15, 0.2) is 59.5 Å². The van der Waals surface area contributed by atoms with Gasteiger partial charge in [0.05, 0.1) is 10.9 Å². The molecule has 0 bridgehead atoms. The van der Waals surface area contributed by atoms with Crippen LogP contribution in [0.5, 0.6) is 0 Å². The van der Waals surface area contributed by atoms with Crippen LogP contribution in [0.1, 0.15) is 0 Å². The molecule has 0 atom stereocenters. The van der Waals surface area contributed by atoms with E-state index in [1.165, 1.54) is 0 Å². The second kappa shape index (κ2) is 3.65. The lowest BCUT2D eigenvalue weighted by molar-refractivity contribution is 1.33. The normalized spacial score (nSPS) is 11.4. The van der Waals surface area contributed by atoms with Gasteiger partial charge in [0.15, 0.2) is 0 Å². The van der Waals surface area contributed by atoms with Crippen LogP contribution in [0.3, 0.4) is 0 Å². The molecule has 19 heavy (non-hydrogen) atoms. The number of aromatic nitrogens is 2. The van der Waals surface area contributed by atoms with Gasteiger partial charge in [-0.15, -0.1) is 0 Å². The first-order valence-electron chi connectivity index (χ1n) is 6.13. The van der Waals surface area contributed by atoms with Crippen molar-refractivity contribution in [1.82, 2.24) is 9.97 Å². The van der Waals surface area contributed by atoms with E-state index >= 15 is 0 Å². The van der Waals surface area contributed by atoms with E-state index in [0.29, 0.717) is 5.39 Å². The molecule has 0 saturated heterocycles. The molecule has 0 saturated carbocycles. The Bertz CT molecular complexity index is 970. The van der Waals surface area contributed by atoms with Gasteiger partial charge in [0.25, 0.3) is 5.56 Å². The molecule has 2 aromatic heterocycles. The summed E-state index contributed by atoms with van der Waals surface area (Å²) in [5.41, 5.74) is 1.68. The number of H-pyrrole nitrogens is 1. The smallest absolute Gasteiger partial charge is 0.257 e. The SMILES string of the molecule is O=c1[nH]c2ccccc2c2c1cnc1ccccc12. The average Bonchev–Trinajstić information content (AvgIpc) is 2.47. The van der Waals surface area contributed by atoms with Crippen molar-refractivity contribution in [3.05, 3.63) is 65.1 Å². The second-order valence-electron chi connectivity index (χ2n) is 4.56. The van der Waals surface area contributed by atoms with Gasteiger partial charge in [-0.05, 0) is 12.1 Å². The number of nitrogens with zero attached hydrogens (tertiary/aromatic N) is 1. The summed E-state index contributed by atoms with van der Waals surface area (Å²) in [6.45, 7) is 0. The van der Waals surface area contributed by atoms with Gasteiger partial charge in [-0.2, -0.15) is 0 Å². The second-order valence-corrected chi connectivity index (χ2v) is 4.56. The third-order valence-corrected chi connectivity index (χ3v) is 3.46. The number of hydrogen-bond acceptors (Lipinski definition) is 2. The van der Waals surface area contributed by atoms with E-state index in [9.17, 15) is 4.79 Å². The molecule has 0 aliphatic heterocycles. The summed E-state index contributed by atoms with van der Waals surface area (Å²) >= 11 is 0. The fraction of sp³-hybridized carbons (Fsp3) is 0. The Labute approximate surface area is 108 Å². The lowest BCUT2D eigenvalue weighted by Gasteiger charge is -2.06. The molecule has 0 aliphatic rings. The average molecular weight is 246 g/mol. The molecular weight excluding hydrogens is 236 g/mol. The maximum atomic E-state index is 12.1. The molecule has 2 aromatic carbocycles. The molecule has 2 heterocycles. The van der Waals surface area contributed by atoms with Crippen LogP contribution in [-0.2, 0) is 0 Å². The van der Waals surface area contributed by atoms with Crippen LogP contribution >= 0.6 is 0 Å². The first-order valence-corrected chi connectivity index (χ1v) is 6.13. The van der Waals surface area contributed by atoms with Gasteiger partial charge in [0.1, 0.15) is 0 Å². The maximum Gasteiger partial charge on any atom is 0.257 e. The predicted molar refractivity (Wildman–Crippen MR) is 77.4 cm³/mol. The number of aromatic amines is 1. The molecule has 90 valence electrons. The molecule has 0 spiro atoms. The van der Waals surface area contributed by atoms with E-state index in [-0.39, 0.29) is 5.56 Å². The van der Waals surface area contributed by atoms with Crippen molar-refractivity contribution in [2.45, 2.75) is 0 Å². The highest BCUT2D eigenvalue weighted by Crippen LogP contribution is 2.27. The Morgan fingerprint density at radius 3 is 2.47 bits per heavy atom. The van der Waals surface area contributed by atoms with Gasteiger partial charge >= 0.3 is 0 Å². The summed E-state index contributed by atoms with van der Waals surface area (Å²) < 4.78 is 0. The molecule has 3 heteroatoms. The van der Waals surface area contributed by atoms with Crippen molar-refractivity contribution in [3.63, 3.8) is 0 Å². The third-order valence-electron chi connectivity index (χ3n) is 3.46. The highest BCUT2D eigenvalue weighted by molar-refractivity contribution is 6.17. The van der Waals surface area contributed by atoms with Gasteiger partial charge < -0.3 is 4.98 Å². The number of fused-ring (bicyclic) bond motifs is 5. The fourth-order valence-electron chi connectivity index (χ4n) is 2.60. The van der Waals surface area contributed by atoms with Crippen LogP contribution in [0.2, 0.25) is 0 Å². The van der Waals surface area contributed by atoms with E-state index in [2.05, 4.69) is 9.97 Å². The lowest BCUT2D eigenvalue weighted by Crippen LogP contribution is -2.06. The number of hydrogen-bond donors (Lipinski definition) is 1. The summed E-state index contributed by atoms with van der Waals surface area (Å²) in [6, 6.07) is 15.8. The van der Waals surface area contributed by atoms with Crippen molar-refractivity contribution >= 4 is 32.6 Å². The number of nitrogens with one attached hydrogen (secondary N) is 1. The molecule has 4 aromatic rings. The zero-order chi connectivity index (χ0) is 12.8. The topological polar surface area (TPSA) is 45.8 Å². The largest absolute Gasteiger partial charge is 0.321 e. The van der Waals surface area contributed by atoms with Crippen molar-refractivity contribution in [1.29, 1.82) is 0 Å². The predicted octanol–water partition coefficient (Wildman–Crippen LogP) is 3.23. The van der Waals surface area contributed by atoms with Gasteiger partial charge in [-0.25, -0.2) is 0 Å². The van der Waals surface area contributed by atoms with Gasteiger partial charge in [-0.3, -0.25) is 9.78 Å². The monoisotopic (exact) mass is 246 g/mol. The molecule has 0 fully saturated rings. The van der Waals surface area contributed by atoms with Crippen molar-refractivity contribution in [2.75, 3.05) is 0 Å². The minimum absolute atomic E-state index is 0.0908. The van der Waals surface area contributed by atoms with Crippen LogP contribution < -0.4 is 5.56 Å². The standard InChI is InChI=1S/C16H10N2O/c19-16-12-9-17-13-7-3-1-5-10(13)15(12)11-6-2-4-8-14(11)18-16/h1-9H,(H,18,19). The molecule has 0 unspecified atom stereocenters. The summed E-state index contributed by atoms with van der Waals surface area (Å²) in [7, 11) is 0. The Kier molecular flexibility index (Phi) is 1.97. The zero-order valence-corrected chi connectivity index (χ0v) is 10.1. The summed E-state index contributed by atoms with van der Waals surface area (Å²) in [5.74, 6) is 0. The molecule has 4 rings (SSSR count). The zero-order valence-electron chi connectivity index (χ0n) is 10.1. The van der Waals surface area contributed by atoms with E-state index in [4.69, 9.17) is 0 Å². The third kappa shape index (κ3) is 1.38. The number of pyridine rings is 2. The van der Waals surface area contributed by atoms with E-state index in [0.717, 1.165) is 27.2 Å². The van der Waals surface area contributed by atoms with Gasteiger partial charge in [-0.1, -0.05) is 36.4 Å².